The molecule has 0 spiro atoms. The molecule has 0 saturated carbocycles. The number of hydrogen-bond acceptors (Lipinski definition) is 3. The Kier molecular flexibility index (Phi) is 4.37. The Bertz CT molecular complexity index is 482. The first-order valence-electron chi connectivity index (χ1n) is 4.97. The molecular formula is C8H11Cl2F3N2O3S. The zero-order valence-electron chi connectivity index (χ0n) is 9.91. The largest absolute Gasteiger partial charge is 0.416 e. The molecule has 0 aliphatic carbocycles. The minimum atomic E-state index is -5.10. The quantitative estimate of drug-likeness (QED) is 0.720. The van der Waals surface area contributed by atoms with Crippen LogP contribution in [0.5, 0.6) is 0 Å². The Morgan fingerprint density at radius 1 is 1.47 bits per heavy atom. The van der Waals surface area contributed by atoms with Gasteiger partial charge in [0.15, 0.2) is 0 Å². The van der Waals surface area contributed by atoms with Gasteiger partial charge in [-0.05, 0) is 0 Å². The molecule has 1 rings (SSSR count). The van der Waals surface area contributed by atoms with E-state index in [0.717, 1.165) is 14.1 Å². The highest BCUT2D eigenvalue weighted by Crippen LogP contribution is 2.48. The topological polar surface area (TPSA) is 57.7 Å². The van der Waals surface area contributed by atoms with Gasteiger partial charge in [-0.3, -0.25) is 4.79 Å². The maximum atomic E-state index is 12.9. The van der Waals surface area contributed by atoms with Gasteiger partial charge in [0.1, 0.15) is 0 Å². The Hall–Kier alpha value is -0.250. The zero-order chi connectivity index (χ0) is 15.2. The molecule has 0 aromatic heterocycles. The molecule has 1 fully saturated rings. The number of alkyl halides is 5. The van der Waals surface area contributed by atoms with Crippen molar-refractivity contribution in [1.29, 1.82) is 0 Å². The van der Waals surface area contributed by atoms with E-state index < -0.39 is 45.5 Å². The van der Waals surface area contributed by atoms with Gasteiger partial charge < -0.3 is 0 Å². The van der Waals surface area contributed by atoms with E-state index in [4.69, 9.17) is 23.2 Å². The molecule has 0 N–H and O–H groups in total. The molecule has 0 aromatic carbocycles. The number of amides is 1. The normalized spacial score (nSPS) is 29.4. The van der Waals surface area contributed by atoms with E-state index in [1.807, 2.05) is 0 Å². The first-order chi connectivity index (χ1) is 8.40. The second-order valence-electron chi connectivity index (χ2n) is 4.19. The van der Waals surface area contributed by atoms with E-state index in [0.29, 0.717) is 4.31 Å². The summed E-state index contributed by atoms with van der Waals surface area (Å²) in [4.78, 5) is 8.50. The first-order valence-corrected chi connectivity index (χ1v) is 7.27. The molecule has 1 aliphatic heterocycles. The summed E-state index contributed by atoms with van der Waals surface area (Å²) in [5.74, 6) is -3.85. The van der Waals surface area contributed by atoms with Gasteiger partial charge in [0.2, 0.25) is 4.87 Å². The summed E-state index contributed by atoms with van der Waals surface area (Å²) < 4.78 is 63.2. The van der Waals surface area contributed by atoms with Crippen LogP contribution in [0.4, 0.5) is 13.2 Å². The fraction of sp³-hybridized carbons (Fsp3) is 0.875. The minimum Gasteiger partial charge on any atom is -0.271 e. The highest BCUT2D eigenvalue weighted by Gasteiger charge is 2.70. The number of rotatable bonds is 3. The summed E-state index contributed by atoms with van der Waals surface area (Å²) in [6, 6.07) is 0. The molecule has 1 heterocycles. The van der Waals surface area contributed by atoms with E-state index in [-0.39, 0.29) is 4.31 Å². The van der Waals surface area contributed by atoms with Gasteiger partial charge >= 0.3 is 16.4 Å². The van der Waals surface area contributed by atoms with Crippen LogP contribution in [-0.4, -0.2) is 60.5 Å². The maximum Gasteiger partial charge on any atom is 0.416 e. The van der Waals surface area contributed by atoms with Gasteiger partial charge in [-0.25, -0.2) is 4.31 Å². The molecule has 112 valence electrons. The SMILES string of the molecule is CN(C)S(=O)(=O)N1CC(CCl)[C@](Cl)(C(F)(F)F)C1=O. The molecule has 0 aromatic rings. The number of hydrogen-bond donors (Lipinski definition) is 0. The molecule has 1 unspecified atom stereocenters. The van der Waals surface area contributed by atoms with Crippen molar-refractivity contribution in [2.24, 2.45) is 5.92 Å². The lowest BCUT2D eigenvalue weighted by molar-refractivity contribution is -0.176. The fourth-order valence-corrected chi connectivity index (χ4v) is 3.49. The Labute approximate surface area is 118 Å². The lowest BCUT2D eigenvalue weighted by atomic mass is 9.96. The van der Waals surface area contributed by atoms with Crippen LogP contribution < -0.4 is 0 Å². The standard InChI is InChI=1S/C8H11Cl2F3N2O3S/c1-14(2)19(17,18)15-4-5(3-9)7(10,6(15)16)8(11,12)13/h5H,3-4H2,1-2H3/t5?,7-/m1/s1. The van der Waals surface area contributed by atoms with Crippen molar-refractivity contribution in [3.8, 4) is 0 Å². The molecule has 0 bridgehead atoms. The van der Waals surface area contributed by atoms with Crippen molar-refractivity contribution < 1.29 is 26.4 Å². The summed E-state index contributed by atoms with van der Waals surface area (Å²) in [5.41, 5.74) is 0. The van der Waals surface area contributed by atoms with Crippen LogP contribution in [0.3, 0.4) is 0 Å². The van der Waals surface area contributed by atoms with Gasteiger partial charge in [-0.2, -0.15) is 25.9 Å². The predicted molar refractivity (Wildman–Crippen MR) is 63.2 cm³/mol. The number of halogens is 5. The second-order valence-corrected chi connectivity index (χ2v) is 7.16. The second kappa shape index (κ2) is 4.94. The summed E-state index contributed by atoms with van der Waals surface area (Å²) >= 11 is 10.8. The highest BCUT2D eigenvalue weighted by atomic mass is 35.5. The Morgan fingerprint density at radius 3 is 2.21 bits per heavy atom. The van der Waals surface area contributed by atoms with E-state index in [1.54, 1.807) is 0 Å². The number of carbonyl (C=O) groups is 1. The van der Waals surface area contributed by atoms with E-state index in [2.05, 4.69) is 0 Å². The van der Waals surface area contributed by atoms with Crippen LogP contribution >= 0.6 is 23.2 Å². The van der Waals surface area contributed by atoms with Crippen LogP contribution in [0, 0.1) is 5.92 Å². The fourth-order valence-electron chi connectivity index (χ4n) is 1.67. The van der Waals surface area contributed by atoms with Crippen molar-refractivity contribution in [3.63, 3.8) is 0 Å². The number of carbonyl (C=O) groups excluding carboxylic acids is 1. The van der Waals surface area contributed by atoms with Gasteiger partial charge in [0.25, 0.3) is 5.91 Å². The van der Waals surface area contributed by atoms with Crippen LogP contribution in [0.2, 0.25) is 0 Å². The summed E-state index contributed by atoms with van der Waals surface area (Å²) in [6.07, 6.45) is -5.10. The average Bonchev–Trinajstić information content (AvgIpc) is 2.52. The third kappa shape index (κ3) is 2.41. The molecule has 0 radical (unpaired) electrons. The van der Waals surface area contributed by atoms with Crippen LogP contribution in [0.15, 0.2) is 0 Å². The van der Waals surface area contributed by atoms with Crippen LogP contribution in [0.1, 0.15) is 0 Å². The molecule has 5 nitrogen and oxygen atoms in total. The van der Waals surface area contributed by atoms with Crippen molar-refractivity contribution in [2.45, 2.75) is 11.1 Å². The minimum absolute atomic E-state index is 0.112. The molecule has 11 heteroatoms. The first kappa shape index (κ1) is 16.8. The van der Waals surface area contributed by atoms with E-state index >= 15 is 0 Å². The van der Waals surface area contributed by atoms with Gasteiger partial charge in [0.05, 0.1) is 0 Å². The third-order valence-corrected chi connectivity index (χ3v) is 5.68. The zero-order valence-corrected chi connectivity index (χ0v) is 12.2. The molecule has 1 saturated heterocycles. The number of nitrogens with zero attached hydrogens (tertiary/aromatic N) is 2. The van der Waals surface area contributed by atoms with Gasteiger partial charge in [0, 0.05) is 32.4 Å². The third-order valence-electron chi connectivity index (χ3n) is 2.83. The van der Waals surface area contributed by atoms with E-state index in [1.165, 1.54) is 0 Å². The lowest BCUT2D eigenvalue weighted by Gasteiger charge is -2.27. The molecule has 1 aliphatic rings. The van der Waals surface area contributed by atoms with Crippen LogP contribution in [0.25, 0.3) is 0 Å². The monoisotopic (exact) mass is 342 g/mol. The summed E-state index contributed by atoms with van der Waals surface area (Å²) in [7, 11) is -2.13. The van der Waals surface area contributed by atoms with Crippen molar-refractivity contribution in [3.05, 3.63) is 0 Å². The summed E-state index contributed by atoms with van der Waals surface area (Å²) in [5, 5.41) is 0. The van der Waals surface area contributed by atoms with Gasteiger partial charge in [-0.1, -0.05) is 11.6 Å². The average molecular weight is 343 g/mol. The van der Waals surface area contributed by atoms with E-state index in [9.17, 15) is 26.4 Å². The molecular weight excluding hydrogens is 332 g/mol. The van der Waals surface area contributed by atoms with Gasteiger partial charge in [-0.15, -0.1) is 11.6 Å². The van der Waals surface area contributed by atoms with Crippen molar-refractivity contribution in [1.82, 2.24) is 8.61 Å². The Balaban J connectivity index is 3.32. The summed E-state index contributed by atoms with van der Waals surface area (Å²) in [6.45, 7) is -0.703. The highest BCUT2D eigenvalue weighted by molar-refractivity contribution is 7.87. The lowest BCUT2D eigenvalue weighted by Crippen LogP contribution is -2.52. The molecule has 2 atom stereocenters. The maximum absolute atomic E-state index is 12.9. The predicted octanol–water partition coefficient (Wildman–Crippen LogP) is 1.03. The molecule has 19 heavy (non-hydrogen) atoms. The van der Waals surface area contributed by atoms with Crippen molar-refractivity contribution in [2.75, 3.05) is 26.5 Å². The Morgan fingerprint density at radius 2 is 1.95 bits per heavy atom. The van der Waals surface area contributed by atoms with Crippen molar-refractivity contribution >= 4 is 39.3 Å². The molecule has 1 amide bonds. The van der Waals surface area contributed by atoms with Crippen LogP contribution in [-0.2, 0) is 15.0 Å². The smallest absolute Gasteiger partial charge is 0.271 e.